The molecule has 0 saturated carbocycles. The highest BCUT2D eigenvalue weighted by molar-refractivity contribution is 7.99. The van der Waals surface area contributed by atoms with Gasteiger partial charge in [-0.15, -0.1) is 5.10 Å². The Kier molecular flexibility index (Phi) is 6.20. The first kappa shape index (κ1) is 19.5. The lowest BCUT2D eigenvalue weighted by Crippen LogP contribution is -2.48. The summed E-state index contributed by atoms with van der Waals surface area (Å²) in [6.07, 6.45) is 3.29. The molecule has 1 amide bonds. The number of carbonyl (C=O) groups is 1. The average Bonchev–Trinajstić information content (AvgIpc) is 3.14. The van der Waals surface area contributed by atoms with E-state index in [9.17, 15) is 4.79 Å². The van der Waals surface area contributed by atoms with Crippen LogP contribution in [0, 0.1) is 0 Å². The molecule has 146 valence electrons. The minimum Gasteiger partial charge on any atom is -0.497 e. The van der Waals surface area contributed by atoms with Gasteiger partial charge in [-0.05, 0) is 55.7 Å². The summed E-state index contributed by atoms with van der Waals surface area (Å²) in [7, 11) is 3.18. The standard InChI is InChI=1S/C18H25N5O3S/c1-12-6-5-7-13(2)22(12)17(24)11-27-18-19-20-21-23(18)15-9-8-14(25-3)10-16(15)26-4/h8-10,12-13H,5-7,11H2,1-4H3/t12-,13+. The number of amides is 1. The predicted molar refractivity (Wildman–Crippen MR) is 103 cm³/mol. The van der Waals surface area contributed by atoms with Gasteiger partial charge in [0.15, 0.2) is 0 Å². The van der Waals surface area contributed by atoms with Gasteiger partial charge in [0.05, 0.1) is 20.0 Å². The van der Waals surface area contributed by atoms with Crippen molar-refractivity contribution in [3.05, 3.63) is 18.2 Å². The number of piperidine rings is 1. The van der Waals surface area contributed by atoms with Crippen LogP contribution < -0.4 is 9.47 Å². The molecule has 0 N–H and O–H groups in total. The summed E-state index contributed by atoms with van der Waals surface area (Å²) < 4.78 is 12.2. The number of ether oxygens (including phenoxy) is 2. The van der Waals surface area contributed by atoms with Crippen LogP contribution in [0.3, 0.4) is 0 Å². The van der Waals surface area contributed by atoms with E-state index < -0.39 is 0 Å². The second-order valence-corrected chi connectivity index (χ2v) is 7.57. The number of hydrogen-bond donors (Lipinski definition) is 0. The minimum atomic E-state index is 0.121. The third-order valence-electron chi connectivity index (χ3n) is 4.86. The zero-order chi connectivity index (χ0) is 19.4. The maximum Gasteiger partial charge on any atom is 0.233 e. The number of carbonyl (C=O) groups excluding carboxylic acids is 1. The van der Waals surface area contributed by atoms with Crippen molar-refractivity contribution in [1.29, 1.82) is 0 Å². The highest BCUT2D eigenvalue weighted by Crippen LogP contribution is 2.30. The highest BCUT2D eigenvalue weighted by Gasteiger charge is 2.29. The molecule has 3 rings (SSSR count). The number of rotatable bonds is 6. The number of likely N-dealkylation sites (tertiary alicyclic amines) is 1. The molecule has 0 spiro atoms. The minimum absolute atomic E-state index is 0.121. The van der Waals surface area contributed by atoms with Gasteiger partial charge in [0, 0.05) is 18.2 Å². The molecule has 1 aromatic carbocycles. The normalized spacial score (nSPS) is 19.8. The Balaban J connectivity index is 1.75. The molecule has 1 saturated heterocycles. The van der Waals surface area contributed by atoms with Crippen molar-refractivity contribution in [2.75, 3.05) is 20.0 Å². The molecule has 0 radical (unpaired) electrons. The molecular formula is C18H25N5O3S. The fourth-order valence-corrected chi connectivity index (χ4v) is 4.25. The van der Waals surface area contributed by atoms with Crippen molar-refractivity contribution in [2.45, 2.75) is 50.4 Å². The number of aromatic nitrogens is 4. The van der Waals surface area contributed by atoms with Crippen LogP contribution in [-0.2, 0) is 4.79 Å². The molecule has 2 aromatic rings. The van der Waals surface area contributed by atoms with Gasteiger partial charge >= 0.3 is 0 Å². The van der Waals surface area contributed by atoms with Gasteiger partial charge in [-0.1, -0.05) is 11.8 Å². The monoisotopic (exact) mass is 391 g/mol. The van der Waals surface area contributed by atoms with Crippen molar-refractivity contribution < 1.29 is 14.3 Å². The molecule has 0 aliphatic carbocycles. The molecule has 1 fully saturated rings. The first-order valence-electron chi connectivity index (χ1n) is 9.00. The van der Waals surface area contributed by atoms with Gasteiger partial charge in [-0.3, -0.25) is 4.79 Å². The number of benzene rings is 1. The van der Waals surface area contributed by atoms with E-state index in [1.54, 1.807) is 25.0 Å². The summed E-state index contributed by atoms with van der Waals surface area (Å²) in [6.45, 7) is 4.23. The van der Waals surface area contributed by atoms with Crippen molar-refractivity contribution in [3.8, 4) is 17.2 Å². The van der Waals surface area contributed by atoms with Crippen molar-refractivity contribution in [1.82, 2.24) is 25.1 Å². The number of thioether (sulfide) groups is 1. The van der Waals surface area contributed by atoms with Crippen molar-refractivity contribution >= 4 is 17.7 Å². The van der Waals surface area contributed by atoms with E-state index in [2.05, 4.69) is 29.4 Å². The molecule has 0 bridgehead atoms. The number of methoxy groups -OCH3 is 2. The lowest BCUT2D eigenvalue weighted by molar-refractivity contribution is -0.134. The van der Waals surface area contributed by atoms with Crippen LogP contribution in [0.4, 0.5) is 0 Å². The van der Waals surface area contributed by atoms with E-state index in [0.717, 1.165) is 12.8 Å². The van der Waals surface area contributed by atoms with Crippen LogP contribution >= 0.6 is 11.8 Å². The van der Waals surface area contributed by atoms with Crippen molar-refractivity contribution in [2.24, 2.45) is 0 Å². The summed E-state index contributed by atoms with van der Waals surface area (Å²) in [6, 6.07) is 5.97. The van der Waals surface area contributed by atoms with Gasteiger partial charge < -0.3 is 14.4 Å². The summed E-state index contributed by atoms with van der Waals surface area (Å²) in [4.78, 5) is 14.8. The molecule has 9 heteroatoms. The first-order chi connectivity index (χ1) is 13.0. The zero-order valence-corrected chi connectivity index (χ0v) is 16.9. The van der Waals surface area contributed by atoms with Gasteiger partial charge in [0.2, 0.25) is 11.1 Å². The molecule has 1 aromatic heterocycles. The summed E-state index contributed by atoms with van der Waals surface area (Å²) in [5, 5.41) is 12.4. The largest absolute Gasteiger partial charge is 0.497 e. The third-order valence-corrected chi connectivity index (χ3v) is 5.77. The van der Waals surface area contributed by atoms with E-state index in [4.69, 9.17) is 9.47 Å². The highest BCUT2D eigenvalue weighted by atomic mass is 32.2. The van der Waals surface area contributed by atoms with E-state index in [-0.39, 0.29) is 18.0 Å². The molecular weight excluding hydrogens is 366 g/mol. The quantitative estimate of drug-likeness (QED) is 0.700. The first-order valence-corrected chi connectivity index (χ1v) is 9.98. The summed E-state index contributed by atoms with van der Waals surface area (Å²) >= 11 is 1.33. The van der Waals surface area contributed by atoms with Crippen LogP contribution in [0.25, 0.3) is 5.69 Å². The lowest BCUT2D eigenvalue weighted by Gasteiger charge is -2.39. The Labute approximate surface area is 163 Å². The van der Waals surface area contributed by atoms with Crippen LogP contribution in [0.2, 0.25) is 0 Å². The second-order valence-electron chi connectivity index (χ2n) is 6.63. The molecule has 0 unspecified atom stereocenters. The molecule has 1 aliphatic heterocycles. The topological polar surface area (TPSA) is 82.4 Å². The van der Waals surface area contributed by atoms with Crippen molar-refractivity contribution in [3.63, 3.8) is 0 Å². The molecule has 27 heavy (non-hydrogen) atoms. The number of hydrogen-bond acceptors (Lipinski definition) is 7. The van der Waals surface area contributed by atoms with Gasteiger partial charge in [-0.25, -0.2) is 0 Å². The Morgan fingerprint density at radius 3 is 2.63 bits per heavy atom. The van der Waals surface area contributed by atoms with E-state index in [0.29, 0.717) is 28.1 Å². The van der Waals surface area contributed by atoms with Gasteiger partial charge in [-0.2, -0.15) is 4.68 Å². The summed E-state index contributed by atoms with van der Waals surface area (Å²) in [5.41, 5.74) is 0.693. The SMILES string of the molecule is COc1ccc(-n2nnnc2SCC(=O)N2[C@H](C)CCC[C@@H]2C)c(OC)c1. The Hall–Kier alpha value is -2.29. The predicted octanol–water partition coefficient (Wildman–Crippen LogP) is 2.56. The number of nitrogens with zero attached hydrogens (tertiary/aromatic N) is 5. The Bertz CT molecular complexity index is 787. The molecule has 8 nitrogen and oxygen atoms in total. The molecule has 1 aliphatic rings. The Morgan fingerprint density at radius 2 is 1.96 bits per heavy atom. The van der Waals surface area contributed by atoms with Gasteiger partial charge in [0.1, 0.15) is 17.2 Å². The Morgan fingerprint density at radius 1 is 1.22 bits per heavy atom. The van der Waals surface area contributed by atoms with Gasteiger partial charge in [0.25, 0.3) is 0 Å². The number of tetrazole rings is 1. The smallest absolute Gasteiger partial charge is 0.233 e. The fourth-order valence-electron chi connectivity index (χ4n) is 3.49. The molecule has 2 atom stereocenters. The zero-order valence-electron chi connectivity index (χ0n) is 16.1. The summed E-state index contributed by atoms with van der Waals surface area (Å²) in [5.74, 6) is 1.69. The second kappa shape index (κ2) is 8.60. The maximum atomic E-state index is 12.8. The van der Waals surface area contributed by atoms with E-state index in [1.165, 1.54) is 18.2 Å². The van der Waals surface area contributed by atoms with Crippen LogP contribution in [0.1, 0.15) is 33.1 Å². The van der Waals surface area contributed by atoms with E-state index >= 15 is 0 Å². The lowest BCUT2D eigenvalue weighted by atomic mass is 9.98. The average molecular weight is 391 g/mol. The third kappa shape index (κ3) is 4.18. The van der Waals surface area contributed by atoms with Crippen LogP contribution in [0.5, 0.6) is 11.5 Å². The van der Waals surface area contributed by atoms with Crippen LogP contribution in [-0.4, -0.2) is 63.1 Å². The molecule has 2 heterocycles. The maximum absolute atomic E-state index is 12.8. The fraction of sp³-hybridized carbons (Fsp3) is 0.556. The van der Waals surface area contributed by atoms with Crippen LogP contribution in [0.15, 0.2) is 23.4 Å². The van der Waals surface area contributed by atoms with E-state index in [1.807, 2.05) is 17.0 Å².